The minimum Gasteiger partial charge on any atom is -0.327 e. The highest BCUT2D eigenvalue weighted by molar-refractivity contribution is 5.34. The first-order valence-electron chi connectivity index (χ1n) is 6.88. The van der Waals surface area contributed by atoms with Crippen molar-refractivity contribution in [2.45, 2.75) is 52.5 Å². The zero-order chi connectivity index (χ0) is 12.4. The van der Waals surface area contributed by atoms with Gasteiger partial charge in [0.2, 0.25) is 0 Å². The number of benzene rings is 1. The minimum atomic E-state index is 0.347. The molecule has 0 saturated heterocycles. The molecule has 0 bridgehead atoms. The lowest BCUT2D eigenvalue weighted by atomic mass is 9.89. The Morgan fingerprint density at radius 2 is 1.88 bits per heavy atom. The van der Waals surface area contributed by atoms with E-state index in [0.717, 1.165) is 18.3 Å². The number of hydrogen-bond acceptors (Lipinski definition) is 1. The predicted molar refractivity (Wildman–Crippen MR) is 74.1 cm³/mol. The second-order valence-electron chi connectivity index (χ2n) is 5.92. The fourth-order valence-electron chi connectivity index (χ4n) is 3.21. The molecule has 1 fully saturated rings. The molecule has 1 aliphatic rings. The van der Waals surface area contributed by atoms with Gasteiger partial charge in [0.1, 0.15) is 0 Å². The van der Waals surface area contributed by atoms with Crippen LogP contribution in [0.3, 0.4) is 0 Å². The first kappa shape index (κ1) is 12.6. The van der Waals surface area contributed by atoms with Gasteiger partial charge in [-0.25, -0.2) is 0 Å². The molecule has 1 aromatic rings. The summed E-state index contributed by atoms with van der Waals surface area (Å²) in [5, 5.41) is 0. The van der Waals surface area contributed by atoms with Gasteiger partial charge in [-0.05, 0) is 61.6 Å². The summed E-state index contributed by atoms with van der Waals surface area (Å²) in [6.45, 7) is 6.75. The van der Waals surface area contributed by atoms with Crippen LogP contribution in [0.25, 0.3) is 0 Å². The molecule has 2 rings (SSSR count). The van der Waals surface area contributed by atoms with E-state index in [2.05, 4.69) is 39.0 Å². The molecule has 0 heterocycles. The van der Waals surface area contributed by atoms with Crippen LogP contribution in [-0.4, -0.2) is 6.04 Å². The maximum atomic E-state index is 6.41. The van der Waals surface area contributed by atoms with Crippen molar-refractivity contribution in [3.8, 4) is 0 Å². The molecule has 0 aliphatic heterocycles. The summed E-state index contributed by atoms with van der Waals surface area (Å²) in [7, 11) is 0. The van der Waals surface area contributed by atoms with Crippen LogP contribution in [0, 0.1) is 25.7 Å². The second kappa shape index (κ2) is 5.22. The van der Waals surface area contributed by atoms with Gasteiger partial charge in [-0.15, -0.1) is 0 Å². The fourth-order valence-corrected chi connectivity index (χ4v) is 3.21. The Labute approximate surface area is 105 Å². The highest BCUT2D eigenvalue weighted by Crippen LogP contribution is 2.33. The van der Waals surface area contributed by atoms with Crippen molar-refractivity contribution < 1.29 is 0 Å². The van der Waals surface area contributed by atoms with Gasteiger partial charge < -0.3 is 5.73 Å². The van der Waals surface area contributed by atoms with Crippen LogP contribution in [-0.2, 0) is 6.42 Å². The van der Waals surface area contributed by atoms with Crippen LogP contribution in [0.4, 0.5) is 0 Å². The van der Waals surface area contributed by atoms with Gasteiger partial charge >= 0.3 is 0 Å². The molecule has 17 heavy (non-hydrogen) atoms. The first-order valence-corrected chi connectivity index (χ1v) is 6.88. The Bertz CT molecular complexity index is 363. The van der Waals surface area contributed by atoms with Crippen molar-refractivity contribution in [2.24, 2.45) is 17.6 Å². The topological polar surface area (TPSA) is 26.0 Å². The van der Waals surface area contributed by atoms with Gasteiger partial charge in [-0.2, -0.15) is 0 Å². The third kappa shape index (κ3) is 2.90. The van der Waals surface area contributed by atoms with E-state index in [1.165, 1.54) is 36.0 Å². The Morgan fingerprint density at radius 1 is 1.24 bits per heavy atom. The van der Waals surface area contributed by atoms with Crippen LogP contribution in [0.5, 0.6) is 0 Å². The van der Waals surface area contributed by atoms with Gasteiger partial charge in [-0.1, -0.05) is 31.5 Å². The zero-order valence-electron chi connectivity index (χ0n) is 11.4. The van der Waals surface area contributed by atoms with E-state index in [4.69, 9.17) is 5.73 Å². The highest BCUT2D eigenvalue weighted by atomic mass is 14.7. The monoisotopic (exact) mass is 231 g/mol. The van der Waals surface area contributed by atoms with Crippen molar-refractivity contribution in [3.63, 3.8) is 0 Å². The van der Waals surface area contributed by atoms with Gasteiger partial charge in [0.25, 0.3) is 0 Å². The standard InChI is InChI=1S/C16H25N/c1-11-7-8-14(9-11)16(17)10-15-12(2)5-4-6-13(15)3/h4-6,11,14,16H,7-10,17H2,1-3H3. The number of hydrogen-bond donors (Lipinski definition) is 1. The van der Waals surface area contributed by atoms with Crippen molar-refractivity contribution in [2.75, 3.05) is 0 Å². The zero-order valence-corrected chi connectivity index (χ0v) is 11.4. The average Bonchev–Trinajstić information content (AvgIpc) is 2.70. The van der Waals surface area contributed by atoms with E-state index in [0.29, 0.717) is 6.04 Å². The highest BCUT2D eigenvalue weighted by Gasteiger charge is 2.26. The molecule has 1 heteroatoms. The fraction of sp³-hybridized carbons (Fsp3) is 0.625. The lowest BCUT2D eigenvalue weighted by Crippen LogP contribution is -2.31. The Balaban J connectivity index is 2.05. The molecule has 1 saturated carbocycles. The minimum absolute atomic E-state index is 0.347. The molecule has 1 nitrogen and oxygen atoms in total. The molecule has 0 spiro atoms. The molecule has 1 aromatic carbocycles. The summed E-state index contributed by atoms with van der Waals surface area (Å²) in [5.74, 6) is 1.62. The summed E-state index contributed by atoms with van der Waals surface area (Å²) < 4.78 is 0. The molecule has 3 atom stereocenters. The molecule has 94 valence electrons. The smallest absolute Gasteiger partial charge is 0.0108 e. The van der Waals surface area contributed by atoms with E-state index in [-0.39, 0.29) is 0 Å². The molecule has 0 amide bonds. The summed E-state index contributed by atoms with van der Waals surface area (Å²) in [5.41, 5.74) is 10.7. The Hall–Kier alpha value is -0.820. The van der Waals surface area contributed by atoms with E-state index in [1.54, 1.807) is 0 Å². The quantitative estimate of drug-likeness (QED) is 0.845. The molecule has 1 aliphatic carbocycles. The average molecular weight is 231 g/mol. The maximum Gasteiger partial charge on any atom is 0.0108 e. The van der Waals surface area contributed by atoms with Crippen LogP contribution < -0.4 is 5.73 Å². The molecule has 0 radical (unpaired) electrons. The van der Waals surface area contributed by atoms with Gasteiger partial charge in [0.05, 0.1) is 0 Å². The van der Waals surface area contributed by atoms with Crippen LogP contribution in [0.2, 0.25) is 0 Å². The number of nitrogens with two attached hydrogens (primary N) is 1. The van der Waals surface area contributed by atoms with E-state index in [9.17, 15) is 0 Å². The second-order valence-corrected chi connectivity index (χ2v) is 5.92. The largest absolute Gasteiger partial charge is 0.327 e. The molecule has 3 unspecified atom stereocenters. The maximum absolute atomic E-state index is 6.41. The normalized spacial score (nSPS) is 26.1. The molecule has 2 N–H and O–H groups in total. The summed E-state index contributed by atoms with van der Waals surface area (Å²) in [4.78, 5) is 0. The van der Waals surface area contributed by atoms with E-state index in [1.807, 2.05) is 0 Å². The molecular weight excluding hydrogens is 206 g/mol. The van der Waals surface area contributed by atoms with E-state index < -0.39 is 0 Å². The van der Waals surface area contributed by atoms with Crippen molar-refractivity contribution in [1.82, 2.24) is 0 Å². The van der Waals surface area contributed by atoms with Crippen LogP contribution in [0.1, 0.15) is 42.9 Å². The molecular formula is C16H25N. The summed E-state index contributed by atoms with van der Waals surface area (Å²) in [6, 6.07) is 6.88. The lowest BCUT2D eigenvalue weighted by molar-refractivity contribution is 0.414. The Morgan fingerprint density at radius 3 is 2.41 bits per heavy atom. The van der Waals surface area contributed by atoms with Crippen LogP contribution in [0.15, 0.2) is 18.2 Å². The van der Waals surface area contributed by atoms with Gasteiger partial charge in [-0.3, -0.25) is 0 Å². The predicted octanol–water partition coefficient (Wildman–Crippen LogP) is 3.61. The molecule has 0 aromatic heterocycles. The number of aryl methyl sites for hydroxylation is 2. The lowest BCUT2D eigenvalue weighted by Gasteiger charge is -2.21. The summed E-state index contributed by atoms with van der Waals surface area (Å²) in [6.07, 6.45) is 5.07. The van der Waals surface area contributed by atoms with Gasteiger partial charge in [0.15, 0.2) is 0 Å². The third-order valence-electron chi connectivity index (χ3n) is 4.43. The van der Waals surface area contributed by atoms with Crippen molar-refractivity contribution in [1.29, 1.82) is 0 Å². The van der Waals surface area contributed by atoms with Crippen molar-refractivity contribution >= 4 is 0 Å². The number of rotatable bonds is 3. The third-order valence-corrected chi connectivity index (χ3v) is 4.43. The summed E-state index contributed by atoms with van der Waals surface area (Å²) >= 11 is 0. The first-order chi connectivity index (χ1) is 8.08. The van der Waals surface area contributed by atoms with E-state index >= 15 is 0 Å². The Kier molecular flexibility index (Phi) is 3.88. The van der Waals surface area contributed by atoms with Crippen molar-refractivity contribution in [3.05, 3.63) is 34.9 Å². The van der Waals surface area contributed by atoms with Gasteiger partial charge in [0, 0.05) is 6.04 Å². The van der Waals surface area contributed by atoms with Crippen LogP contribution >= 0.6 is 0 Å². The SMILES string of the molecule is Cc1cccc(C)c1CC(N)C1CCC(C)C1.